The van der Waals surface area contributed by atoms with Gasteiger partial charge < -0.3 is 9.53 Å². The normalized spacial score (nSPS) is 14.8. The van der Waals surface area contributed by atoms with Gasteiger partial charge in [0, 0.05) is 6.61 Å². The van der Waals surface area contributed by atoms with Crippen LogP contribution in [0.3, 0.4) is 0 Å². The van der Waals surface area contributed by atoms with Crippen LogP contribution < -0.4 is 0 Å². The van der Waals surface area contributed by atoms with Crippen molar-refractivity contribution in [2.45, 2.75) is 58.4 Å². The summed E-state index contributed by atoms with van der Waals surface area (Å²) in [4.78, 5) is 0. The lowest BCUT2D eigenvalue weighted by atomic mass is 10.2. The maximum absolute atomic E-state index is 9.09. The van der Waals surface area contributed by atoms with E-state index in [0.29, 0.717) is 6.61 Å². The molecule has 0 aliphatic carbocycles. The van der Waals surface area contributed by atoms with Gasteiger partial charge in [-0.05, 0) is 31.5 Å². The molecule has 0 aromatic heterocycles. The molecular formula is C10H26O2SSi. The van der Waals surface area contributed by atoms with Crippen LogP contribution in [-0.4, -0.2) is 26.1 Å². The third-order valence-electron chi connectivity index (χ3n) is 2.80. The molecule has 0 amide bonds. The first-order valence-electron chi connectivity index (χ1n) is 4.99. The van der Waals surface area contributed by atoms with Crippen molar-refractivity contribution >= 4 is 21.8 Å². The molecule has 0 aromatic carbocycles. The minimum absolute atomic E-state index is 0. The summed E-state index contributed by atoms with van der Waals surface area (Å²) >= 11 is 0. The molecule has 0 unspecified atom stereocenters. The number of hydrogen-bond acceptors (Lipinski definition) is 2. The van der Waals surface area contributed by atoms with Gasteiger partial charge in [0.25, 0.3) is 0 Å². The Labute approximate surface area is 96.6 Å². The average molecular weight is 238 g/mol. The smallest absolute Gasteiger partial charge is 0.191 e. The molecule has 0 saturated carbocycles. The predicted molar refractivity (Wildman–Crippen MR) is 69.8 cm³/mol. The monoisotopic (exact) mass is 238 g/mol. The summed E-state index contributed by atoms with van der Waals surface area (Å²) in [7, 11) is -1.58. The highest BCUT2D eigenvalue weighted by Crippen LogP contribution is 2.36. The van der Waals surface area contributed by atoms with Gasteiger partial charge in [-0.3, -0.25) is 0 Å². The standard InChI is InChI=1S/C10H24O2Si.H2S/c1-9(11)7-8-12-13(5,6)10(2,3)4;/h9,11H,7-8H2,1-6H3;1H2/t9-;/m0./s1. The Hall–Kier alpha value is 0.487. The third kappa shape index (κ3) is 6.06. The Morgan fingerprint density at radius 1 is 1.29 bits per heavy atom. The highest BCUT2D eigenvalue weighted by atomic mass is 32.1. The second-order valence-electron chi connectivity index (χ2n) is 5.25. The summed E-state index contributed by atoms with van der Waals surface area (Å²) in [6.07, 6.45) is 0.497. The van der Waals surface area contributed by atoms with Crippen molar-refractivity contribution in [3.63, 3.8) is 0 Å². The highest BCUT2D eigenvalue weighted by molar-refractivity contribution is 7.59. The summed E-state index contributed by atoms with van der Waals surface area (Å²) in [5.74, 6) is 0. The minimum atomic E-state index is -1.58. The van der Waals surface area contributed by atoms with E-state index in [1.807, 2.05) is 0 Å². The van der Waals surface area contributed by atoms with Crippen molar-refractivity contribution in [1.29, 1.82) is 0 Å². The van der Waals surface area contributed by atoms with Crippen molar-refractivity contribution in [2.75, 3.05) is 6.61 Å². The van der Waals surface area contributed by atoms with Crippen LogP contribution in [0.4, 0.5) is 0 Å². The molecule has 1 atom stereocenters. The third-order valence-corrected chi connectivity index (χ3v) is 7.34. The van der Waals surface area contributed by atoms with E-state index in [1.165, 1.54) is 0 Å². The molecular weight excluding hydrogens is 212 g/mol. The van der Waals surface area contributed by atoms with E-state index in [2.05, 4.69) is 33.9 Å². The number of hydrogen-bond donors (Lipinski definition) is 1. The molecule has 88 valence electrons. The SMILES string of the molecule is C[C@H](O)CCO[Si](C)(C)C(C)(C)C.S. The van der Waals surface area contributed by atoms with Gasteiger partial charge in [0.15, 0.2) is 8.32 Å². The van der Waals surface area contributed by atoms with E-state index < -0.39 is 8.32 Å². The van der Waals surface area contributed by atoms with E-state index in [-0.39, 0.29) is 24.6 Å². The summed E-state index contributed by atoms with van der Waals surface area (Å²) in [6.45, 7) is 13.6. The molecule has 0 radical (unpaired) electrons. The van der Waals surface area contributed by atoms with E-state index in [1.54, 1.807) is 6.92 Å². The van der Waals surface area contributed by atoms with Gasteiger partial charge in [0.2, 0.25) is 0 Å². The fraction of sp³-hybridized carbons (Fsp3) is 1.00. The van der Waals surface area contributed by atoms with Crippen molar-refractivity contribution in [3.05, 3.63) is 0 Å². The van der Waals surface area contributed by atoms with Crippen molar-refractivity contribution in [1.82, 2.24) is 0 Å². The molecule has 4 heteroatoms. The molecule has 0 aliphatic heterocycles. The summed E-state index contributed by atoms with van der Waals surface area (Å²) in [5.41, 5.74) is 0. The van der Waals surface area contributed by atoms with E-state index in [9.17, 15) is 0 Å². The number of aliphatic hydroxyl groups is 1. The Morgan fingerprint density at radius 2 is 1.71 bits per heavy atom. The van der Waals surface area contributed by atoms with E-state index in [0.717, 1.165) is 6.42 Å². The Balaban J connectivity index is 0. The Morgan fingerprint density at radius 3 is 2.00 bits per heavy atom. The maximum atomic E-state index is 9.09. The summed E-state index contributed by atoms with van der Waals surface area (Å²) in [6, 6.07) is 0. The van der Waals surface area contributed by atoms with Gasteiger partial charge in [-0.15, -0.1) is 0 Å². The van der Waals surface area contributed by atoms with Gasteiger partial charge in [-0.1, -0.05) is 20.8 Å². The zero-order valence-corrected chi connectivity index (χ0v) is 12.3. The summed E-state index contributed by atoms with van der Waals surface area (Å²) < 4.78 is 5.88. The second kappa shape index (κ2) is 6.15. The zero-order valence-electron chi connectivity index (χ0n) is 10.3. The lowest BCUT2D eigenvalue weighted by Crippen LogP contribution is -2.41. The second-order valence-corrected chi connectivity index (χ2v) is 10.1. The van der Waals surface area contributed by atoms with Crippen LogP contribution in [0.25, 0.3) is 0 Å². The fourth-order valence-corrected chi connectivity index (χ4v) is 1.76. The zero-order chi connectivity index (χ0) is 10.7. The summed E-state index contributed by atoms with van der Waals surface area (Å²) in [5, 5.41) is 9.36. The molecule has 0 rings (SSSR count). The quantitative estimate of drug-likeness (QED) is 0.763. The molecule has 0 spiro atoms. The number of aliphatic hydroxyl groups excluding tert-OH is 1. The first-order valence-corrected chi connectivity index (χ1v) is 7.89. The molecule has 14 heavy (non-hydrogen) atoms. The van der Waals surface area contributed by atoms with Gasteiger partial charge >= 0.3 is 0 Å². The van der Waals surface area contributed by atoms with Crippen molar-refractivity contribution < 1.29 is 9.53 Å². The predicted octanol–water partition coefficient (Wildman–Crippen LogP) is 2.89. The molecule has 0 bridgehead atoms. The van der Waals surface area contributed by atoms with Crippen LogP contribution in [0.5, 0.6) is 0 Å². The van der Waals surface area contributed by atoms with Crippen molar-refractivity contribution in [3.8, 4) is 0 Å². The molecule has 0 fully saturated rings. The van der Waals surface area contributed by atoms with Crippen LogP contribution >= 0.6 is 13.5 Å². The first-order chi connectivity index (χ1) is 5.67. The topological polar surface area (TPSA) is 29.5 Å². The molecule has 2 nitrogen and oxygen atoms in total. The van der Waals surface area contributed by atoms with E-state index in [4.69, 9.17) is 9.53 Å². The first kappa shape index (κ1) is 16.9. The van der Waals surface area contributed by atoms with Gasteiger partial charge in [0.1, 0.15) is 0 Å². The van der Waals surface area contributed by atoms with Gasteiger partial charge in [0.05, 0.1) is 6.10 Å². The molecule has 0 saturated heterocycles. The molecule has 0 aromatic rings. The highest BCUT2D eigenvalue weighted by Gasteiger charge is 2.36. The van der Waals surface area contributed by atoms with Crippen molar-refractivity contribution in [2.24, 2.45) is 0 Å². The average Bonchev–Trinajstić information content (AvgIpc) is 1.82. The Bertz CT molecular complexity index is 153. The van der Waals surface area contributed by atoms with Crippen LogP contribution in [-0.2, 0) is 4.43 Å². The fourth-order valence-electron chi connectivity index (χ4n) is 0.701. The largest absolute Gasteiger partial charge is 0.417 e. The van der Waals surface area contributed by atoms with Crippen LogP contribution in [0.1, 0.15) is 34.1 Å². The minimum Gasteiger partial charge on any atom is -0.417 e. The Kier molecular flexibility index (Phi) is 7.43. The van der Waals surface area contributed by atoms with Crippen LogP contribution in [0.2, 0.25) is 18.1 Å². The molecule has 0 aliphatic rings. The van der Waals surface area contributed by atoms with E-state index >= 15 is 0 Å². The van der Waals surface area contributed by atoms with Gasteiger partial charge in [-0.2, -0.15) is 13.5 Å². The lowest BCUT2D eigenvalue weighted by Gasteiger charge is -2.36. The van der Waals surface area contributed by atoms with Crippen LogP contribution in [0.15, 0.2) is 0 Å². The number of rotatable bonds is 4. The van der Waals surface area contributed by atoms with Gasteiger partial charge in [-0.25, -0.2) is 0 Å². The van der Waals surface area contributed by atoms with Crippen LogP contribution in [0, 0.1) is 0 Å². The maximum Gasteiger partial charge on any atom is 0.191 e. The lowest BCUT2D eigenvalue weighted by molar-refractivity contribution is 0.150. The molecule has 0 heterocycles. The molecule has 1 N–H and O–H groups in total.